The number of nitrogens with zero attached hydrogens (tertiary/aromatic N) is 1. The van der Waals surface area contributed by atoms with E-state index in [1.165, 1.54) is 16.9 Å². The lowest BCUT2D eigenvalue weighted by atomic mass is 10.0. The van der Waals surface area contributed by atoms with Crippen LogP contribution in [0.25, 0.3) is 0 Å². The van der Waals surface area contributed by atoms with Crippen molar-refractivity contribution in [3.05, 3.63) is 35.4 Å². The van der Waals surface area contributed by atoms with Gasteiger partial charge in [0.15, 0.2) is 0 Å². The van der Waals surface area contributed by atoms with E-state index in [0.717, 1.165) is 26.1 Å². The lowest BCUT2D eigenvalue weighted by Gasteiger charge is -2.18. The number of hydrogen-bond acceptors (Lipinski definition) is 3. The van der Waals surface area contributed by atoms with Crippen molar-refractivity contribution < 1.29 is 0 Å². The summed E-state index contributed by atoms with van der Waals surface area (Å²) in [5, 5.41) is 0. The summed E-state index contributed by atoms with van der Waals surface area (Å²) in [6.45, 7) is 2.89. The zero-order valence-corrected chi connectivity index (χ0v) is 11.1. The molecule has 1 aromatic carbocycles. The Bertz CT molecular complexity index is 302. The summed E-state index contributed by atoms with van der Waals surface area (Å²) in [7, 11) is 2.18. The summed E-state index contributed by atoms with van der Waals surface area (Å²) < 4.78 is 0. The van der Waals surface area contributed by atoms with E-state index in [0.29, 0.717) is 0 Å². The molecule has 90 valence electrons. The van der Waals surface area contributed by atoms with E-state index in [2.05, 4.69) is 42.5 Å². The number of rotatable bonds is 7. The van der Waals surface area contributed by atoms with Crippen LogP contribution < -0.4 is 5.73 Å². The molecule has 2 N–H and O–H groups in total. The molecule has 1 aromatic rings. The lowest BCUT2D eigenvalue weighted by molar-refractivity contribution is 0.347. The molecule has 2 nitrogen and oxygen atoms in total. The molecule has 0 atom stereocenters. The van der Waals surface area contributed by atoms with Crippen molar-refractivity contribution in [1.82, 2.24) is 4.90 Å². The first kappa shape index (κ1) is 13.6. The molecule has 3 heteroatoms. The van der Waals surface area contributed by atoms with Crippen molar-refractivity contribution in [3.63, 3.8) is 0 Å². The number of nitrogens with two attached hydrogens (primary N) is 1. The monoisotopic (exact) mass is 238 g/mol. The third kappa shape index (κ3) is 4.56. The predicted molar refractivity (Wildman–Crippen MR) is 73.9 cm³/mol. The Morgan fingerprint density at radius 2 is 1.94 bits per heavy atom. The molecular weight excluding hydrogens is 216 g/mol. The first-order valence-electron chi connectivity index (χ1n) is 5.72. The molecule has 0 saturated heterocycles. The van der Waals surface area contributed by atoms with Gasteiger partial charge in [0.25, 0.3) is 0 Å². The second-order valence-corrected chi connectivity index (χ2v) is 5.02. The Morgan fingerprint density at radius 3 is 2.56 bits per heavy atom. The van der Waals surface area contributed by atoms with Gasteiger partial charge in [0, 0.05) is 18.8 Å². The Morgan fingerprint density at radius 1 is 1.25 bits per heavy atom. The average Bonchev–Trinajstić information content (AvgIpc) is 2.29. The Labute approximate surface area is 103 Å². The Balaban J connectivity index is 2.57. The Kier molecular flexibility index (Phi) is 6.53. The normalized spacial score (nSPS) is 11.0. The van der Waals surface area contributed by atoms with Gasteiger partial charge in [-0.25, -0.2) is 0 Å². The van der Waals surface area contributed by atoms with Crippen molar-refractivity contribution in [3.8, 4) is 0 Å². The van der Waals surface area contributed by atoms with Gasteiger partial charge in [0.2, 0.25) is 0 Å². The first-order chi connectivity index (χ1) is 7.77. The molecular formula is C13H22N2S. The van der Waals surface area contributed by atoms with Gasteiger partial charge in [-0.05, 0) is 37.4 Å². The number of benzene rings is 1. The lowest BCUT2D eigenvalue weighted by Crippen LogP contribution is -2.21. The molecule has 0 bridgehead atoms. The van der Waals surface area contributed by atoms with Crippen LogP contribution in [0.1, 0.15) is 11.1 Å². The average molecular weight is 238 g/mol. The maximum absolute atomic E-state index is 5.62. The highest BCUT2D eigenvalue weighted by atomic mass is 32.2. The molecule has 0 aliphatic carbocycles. The Hall–Kier alpha value is -0.510. The molecule has 0 aliphatic heterocycles. The molecule has 1 rings (SSSR count). The smallest absolute Gasteiger partial charge is 0.0233 e. The van der Waals surface area contributed by atoms with Crippen LogP contribution >= 0.6 is 11.8 Å². The first-order valence-corrected chi connectivity index (χ1v) is 7.11. The van der Waals surface area contributed by atoms with Crippen LogP contribution in [0.4, 0.5) is 0 Å². The molecule has 0 fully saturated rings. The fourth-order valence-electron chi connectivity index (χ4n) is 1.73. The van der Waals surface area contributed by atoms with Crippen LogP contribution in [0, 0.1) is 0 Å². The van der Waals surface area contributed by atoms with Gasteiger partial charge in [0.1, 0.15) is 0 Å². The zero-order chi connectivity index (χ0) is 11.8. The van der Waals surface area contributed by atoms with Crippen LogP contribution in [0.3, 0.4) is 0 Å². The summed E-state index contributed by atoms with van der Waals surface area (Å²) in [6, 6.07) is 8.60. The highest BCUT2D eigenvalue weighted by Crippen LogP contribution is 2.11. The summed E-state index contributed by atoms with van der Waals surface area (Å²) >= 11 is 1.89. The van der Waals surface area contributed by atoms with E-state index in [-0.39, 0.29) is 0 Å². The van der Waals surface area contributed by atoms with E-state index in [1.54, 1.807) is 0 Å². The fraction of sp³-hybridized carbons (Fsp3) is 0.538. The molecule has 0 heterocycles. The van der Waals surface area contributed by atoms with E-state index >= 15 is 0 Å². The van der Waals surface area contributed by atoms with Crippen molar-refractivity contribution >= 4 is 11.8 Å². The molecule has 0 aliphatic rings. The summed E-state index contributed by atoms with van der Waals surface area (Å²) in [5.41, 5.74) is 8.43. The van der Waals surface area contributed by atoms with E-state index in [9.17, 15) is 0 Å². The highest BCUT2D eigenvalue weighted by Gasteiger charge is 2.04. The second-order valence-electron chi connectivity index (χ2n) is 4.04. The van der Waals surface area contributed by atoms with Gasteiger partial charge >= 0.3 is 0 Å². The van der Waals surface area contributed by atoms with Gasteiger partial charge in [0.05, 0.1) is 0 Å². The van der Waals surface area contributed by atoms with Crippen molar-refractivity contribution in [2.24, 2.45) is 5.73 Å². The van der Waals surface area contributed by atoms with Crippen LogP contribution in [0.15, 0.2) is 24.3 Å². The van der Waals surface area contributed by atoms with Crippen molar-refractivity contribution in [1.29, 1.82) is 0 Å². The third-order valence-corrected chi connectivity index (χ3v) is 3.24. The number of hydrogen-bond donors (Lipinski definition) is 1. The minimum absolute atomic E-state index is 0.728. The second kappa shape index (κ2) is 7.71. The summed E-state index contributed by atoms with van der Waals surface area (Å²) in [5.74, 6) is 1.19. The minimum atomic E-state index is 0.728. The maximum Gasteiger partial charge on any atom is 0.0233 e. The third-order valence-electron chi connectivity index (χ3n) is 2.65. The summed E-state index contributed by atoms with van der Waals surface area (Å²) in [4.78, 5) is 2.37. The number of thioether (sulfide) groups is 1. The van der Waals surface area contributed by atoms with E-state index < -0.39 is 0 Å². The van der Waals surface area contributed by atoms with Crippen LogP contribution in [-0.4, -0.2) is 37.0 Å². The zero-order valence-electron chi connectivity index (χ0n) is 10.3. The van der Waals surface area contributed by atoms with Gasteiger partial charge in [-0.2, -0.15) is 11.8 Å². The molecule has 0 saturated carbocycles. The van der Waals surface area contributed by atoms with Crippen LogP contribution in [-0.2, 0) is 13.0 Å². The van der Waals surface area contributed by atoms with E-state index in [1.807, 2.05) is 11.8 Å². The molecule has 0 radical (unpaired) electrons. The van der Waals surface area contributed by atoms with E-state index in [4.69, 9.17) is 5.73 Å². The van der Waals surface area contributed by atoms with Gasteiger partial charge in [-0.3, -0.25) is 0 Å². The van der Waals surface area contributed by atoms with Crippen molar-refractivity contribution in [2.75, 3.05) is 32.1 Å². The molecule has 16 heavy (non-hydrogen) atoms. The highest BCUT2D eigenvalue weighted by molar-refractivity contribution is 7.98. The van der Waals surface area contributed by atoms with Gasteiger partial charge < -0.3 is 10.6 Å². The van der Waals surface area contributed by atoms with Crippen molar-refractivity contribution in [2.45, 2.75) is 13.0 Å². The quantitative estimate of drug-likeness (QED) is 0.787. The maximum atomic E-state index is 5.62. The van der Waals surface area contributed by atoms with Gasteiger partial charge in [-0.15, -0.1) is 0 Å². The molecule has 0 spiro atoms. The predicted octanol–water partition coefficient (Wildman–Crippen LogP) is 1.98. The summed E-state index contributed by atoms with van der Waals surface area (Å²) in [6.07, 6.45) is 3.13. The van der Waals surface area contributed by atoms with Crippen LogP contribution in [0.2, 0.25) is 0 Å². The largest absolute Gasteiger partial charge is 0.330 e. The standard InChI is InChI=1S/C13H22N2S/c1-15(9-10-16-2)11-13-6-4-3-5-12(13)7-8-14/h3-6H,7-11,14H2,1-2H3. The van der Waals surface area contributed by atoms with Gasteiger partial charge in [-0.1, -0.05) is 24.3 Å². The topological polar surface area (TPSA) is 29.3 Å². The molecule has 0 amide bonds. The molecule has 0 unspecified atom stereocenters. The van der Waals surface area contributed by atoms with Crippen LogP contribution in [0.5, 0.6) is 0 Å². The fourth-order valence-corrected chi connectivity index (χ4v) is 2.22. The SMILES string of the molecule is CSCCN(C)Cc1ccccc1CCN. The minimum Gasteiger partial charge on any atom is -0.330 e. The molecule has 0 aromatic heterocycles.